The Balaban J connectivity index is 1.54. The quantitative estimate of drug-likeness (QED) is 0.538. The highest BCUT2D eigenvalue weighted by Gasteiger charge is 2.34. The molecule has 0 amide bonds. The SMILES string of the molecule is COC(=O)c1sccc1S(=O)(=O)N1CCN(c2c(C)nn(-c3ccccn3)c2C)CC1. The fourth-order valence-electron chi connectivity index (χ4n) is 3.83. The van der Waals surface area contributed by atoms with Crippen LogP contribution in [0.15, 0.2) is 40.7 Å². The topological polar surface area (TPSA) is 97.6 Å². The molecule has 164 valence electrons. The minimum absolute atomic E-state index is 0.00753. The second-order valence-electron chi connectivity index (χ2n) is 7.12. The van der Waals surface area contributed by atoms with Gasteiger partial charge in [0.1, 0.15) is 9.77 Å². The summed E-state index contributed by atoms with van der Waals surface area (Å²) in [5.74, 6) is 0.101. The van der Waals surface area contributed by atoms with E-state index in [-0.39, 0.29) is 9.77 Å². The summed E-state index contributed by atoms with van der Waals surface area (Å²) in [6, 6.07) is 7.13. The summed E-state index contributed by atoms with van der Waals surface area (Å²) in [7, 11) is -2.54. The summed E-state index contributed by atoms with van der Waals surface area (Å²) < 4.78 is 34.2. The van der Waals surface area contributed by atoms with E-state index in [0.717, 1.165) is 34.2 Å². The van der Waals surface area contributed by atoms with E-state index in [1.165, 1.54) is 17.5 Å². The number of sulfonamides is 1. The largest absolute Gasteiger partial charge is 0.465 e. The van der Waals surface area contributed by atoms with Gasteiger partial charge >= 0.3 is 5.97 Å². The van der Waals surface area contributed by atoms with Gasteiger partial charge in [0.2, 0.25) is 10.0 Å². The van der Waals surface area contributed by atoms with Gasteiger partial charge in [0.25, 0.3) is 0 Å². The van der Waals surface area contributed by atoms with E-state index in [1.54, 1.807) is 11.6 Å². The summed E-state index contributed by atoms with van der Waals surface area (Å²) in [5.41, 5.74) is 2.82. The van der Waals surface area contributed by atoms with Crippen LogP contribution >= 0.6 is 11.3 Å². The zero-order valence-electron chi connectivity index (χ0n) is 17.5. The molecule has 3 aromatic heterocycles. The molecular formula is C20H23N5O4S2. The van der Waals surface area contributed by atoms with Crippen LogP contribution in [0.3, 0.4) is 0 Å². The number of aryl methyl sites for hydroxylation is 1. The maximum absolute atomic E-state index is 13.1. The van der Waals surface area contributed by atoms with Crippen LogP contribution in [-0.4, -0.2) is 66.7 Å². The number of rotatable bonds is 5. The van der Waals surface area contributed by atoms with Crippen LogP contribution < -0.4 is 4.90 Å². The third kappa shape index (κ3) is 3.84. The van der Waals surface area contributed by atoms with Crippen LogP contribution in [0.1, 0.15) is 21.1 Å². The number of piperazine rings is 1. The summed E-state index contributed by atoms with van der Waals surface area (Å²) in [4.78, 5) is 18.6. The number of ether oxygens (including phenoxy) is 1. The molecule has 0 spiro atoms. The molecule has 31 heavy (non-hydrogen) atoms. The predicted octanol–water partition coefficient (Wildman–Crippen LogP) is 2.24. The van der Waals surface area contributed by atoms with E-state index < -0.39 is 16.0 Å². The van der Waals surface area contributed by atoms with Gasteiger partial charge in [-0.25, -0.2) is 22.9 Å². The van der Waals surface area contributed by atoms with Crippen molar-refractivity contribution in [2.75, 3.05) is 38.2 Å². The van der Waals surface area contributed by atoms with Crippen LogP contribution in [0.5, 0.6) is 0 Å². The molecule has 1 aliphatic heterocycles. The van der Waals surface area contributed by atoms with Crippen molar-refractivity contribution in [2.45, 2.75) is 18.7 Å². The van der Waals surface area contributed by atoms with E-state index in [2.05, 4.69) is 15.0 Å². The molecule has 4 heterocycles. The van der Waals surface area contributed by atoms with Gasteiger partial charge in [0.05, 0.1) is 24.2 Å². The first kappa shape index (κ1) is 21.5. The lowest BCUT2D eigenvalue weighted by atomic mass is 10.2. The Kier molecular flexibility index (Phi) is 5.82. The number of anilines is 1. The number of methoxy groups -OCH3 is 1. The third-order valence-corrected chi connectivity index (χ3v) is 8.26. The standard InChI is InChI=1S/C20H23N5O4S2/c1-14-18(15(2)25(22-14)17-6-4-5-8-21-17)23-9-11-24(12-10-23)31(27,28)16-7-13-30-19(16)20(26)29-3/h4-8,13H,9-12H2,1-3H3. The first-order chi connectivity index (χ1) is 14.8. The molecule has 3 aromatic rings. The first-order valence-electron chi connectivity index (χ1n) is 9.73. The normalized spacial score (nSPS) is 15.3. The van der Waals surface area contributed by atoms with Crippen LogP contribution in [0.2, 0.25) is 0 Å². The highest BCUT2D eigenvalue weighted by atomic mass is 32.2. The number of hydrogen-bond donors (Lipinski definition) is 0. The number of esters is 1. The number of hydrogen-bond acceptors (Lipinski definition) is 8. The molecule has 0 saturated carbocycles. The average molecular weight is 462 g/mol. The van der Waals surface area contributed by atoms with Gasteiger partial charge in [0, 0.05) is 32.4 Å². The van der Waals surface area contributed by atoms with Gasteiger partial charge in [-0.2, -0.15) is 9.40 Å². The number of thiophene rings is 1. The molecule has 0 radical (unpaired) electrons. The van der Waals surface area contributed by atoms with Crippen LogP contribution in [0.4, 0.5) is 5.69 Å². The van der Waals surface area contributed by atoms with Gasteiger partial charge in [-0.05, 0) is 37.4 Å². The monoisotopic (exact) mass is 461 g/mol. The fourth-order valence-corrected chi connectivity index (χ4v) is 6.56. The number of aromatic nitrogens is 3. The molecule has 0 atom stereocenters. The fraction of sp³-hybridized carbons (Fsp3) is 0.350. The van der Waals surface area contributed by atoms with Crippen molar-refractivity contribution < 1.29 is 17.9 Å². The number of nitrogens with zero attached hydrogens (tertiary/aromatic N) is 5. The number of carbonyl (C=O) groups is 1. The lowest BCUT2D eigenvalue weighted by molar-refractivity contribution is 0.0602. The summed E-state index contributed by atoms with van der Waals surface area (Å²) >= 11 is 1.07. The maximum Gasteiger partial charge on any atom is 0.349 e. The van der Waals surface area contributed by atoms with Crippen LogP contribution in [-0.2, 0) is 14.8 Å². The molecule has 1 aliphatic rings. The molecule has 0 bridgehead atoms. The highest BCUT2D eigenvalue weighted by Crippen LogP contribution is 2.30. The zero-order chi connectivity index (χ0) is 22.2. The van der Waals surface area contributed by atoms with Gasteiger partial charge < -0.3 is 9.64 Å². The van der Waals surface area contributed by atoms with Crippen molar-refractivity contribution in [3.05, 3.63) is 52.1 Å². The smallest absolute Gasteiger partial charge is 0.349 e. The third-order valence-electron chi connectivity index (χ3n) is 5.29. The van der Waals surface area contributed by atoms with E-state index in [4.69, 9.17) is 4.74 Å². The van der Waals surface area contributed by atoms with Crippen molar-refractivity contribution in [1.82, 2.24) is 19.1 Å². The van der Waals surface area contributed by atoms with Gasteiger partial charge in [0.15, 0.2) is 5.82 Å². The van der Waals surface area contributed by atoms with Crippen LogP contribution in [0.25, 0.3) is 5.82 Å². The Morgan fingerprint density at radius 1 is 1.13 bits per heavy atom. The minimum atomic E-state index is -3.78. The predicted molar refractivity (Wildman–Crippen MR) is 117 cm³/mol. The molecule has 0 aromatic carbocycles. The molecule has 1 fully saturated rings. The lowest BCUT2D eigenvalue weighted by Crippen LogP contribution is -2.49. The molecule has 0 N–H and O–H groups in total. The zero-order valence-corrected chi connectivity index (χ0v) is 19.1. The van der Waals surface area contributed by atoms with Crippen molar-refractivity contribution in [1.29, 1.82) is 0 Å². The van der Waals surface area contributed by atoms with Gasteiger partial charge in [-0.15, -0.1) is 11.3 Å². The summed E-state index contributed by atoms with van der Waals surface area (Å²) in [5, 5.41) is 6.23. The van der Waals surface area contributed by atoms with E-state index in [0.29, 0.717) is 26.2 Å². The Morgan fingerprint density at radius 2 is 1.87 bits per heavy atom. The lowest BCUT2D eigenvalue weighted by Gasteiger charge is -2.35. The van der Waals surface area contributed by atoms with Gasteiger partial charge in [-0.3, -0.25) is 0 Å². The Hall–Kier alpha value is -2.76. The van der Waals surface area contributed by atoms with E-state index >= 15 is 0 Å². The van der Waals surface area contributed by atoms with Crippen molar-refractivity contribution in [3.63, 3.8) is 0 Å². The molecule has 4 rings (SSSR count). The second-order valence-corrected chi connectivity index (χ2v) is 9.94. The number of pyridine rings is 1. The summed E-state index contributed by atoms with van der Waals surface area (Å²) in [6.45, 7) is 5.60. The summed E-state index contributed by atoms with van der Waals surface area (Å²) in [6.07, 6.45) is 1.72. The Labute approximate surface area is 184 Å². The first-order valence-corrected chi connectivity index (χ1v) is 12.0. The highest BCUT2D eigenvalue weighted by molar-refractivity contribution is 7.89. The van der Waals surface area contributed by atoms with E-state index in [1.807, 2.05) is 36.7 Å². The number of carbonyl (C=O) groups excluding carboxylic acids is 1. The average Bonchev–Trinajstić information content (AvgIpc) is 3.39. The molecule has 0 aliphatic carbocycles. The Bertz CT molecular complexity index is 1200. The molecule has 11 heteroatoms. The van der Waals surface area contributed by atoms with Gasteiger partial charge in [-0.1, -0.05) is 6.07 Å². The molecular weight excluding hydrogens is 438 g/mol. The molecule has 1 saturated heterocycles. The molecule has 9 nitrogen and oxygen atoms in total. The maximum atomic E-state index is 13.1. The van der Waals surface area contributed by atoms with Crippen molar-refractivity contribution in [3.8, 4) is 5.82 Å². The molecule has 0 unspecified atom stereocenters. The van der Waals surface area contributed by atoms with Crippen molar-refractivity contribution in [2.24, 2.45) is 0 Å². The van der Waals surface area contributed by atoms with Crippen molar-refractivity contribution >= 4 is 33.0 Å². The second kappa shape index (κ2) is 8.40. The minimum Gasteiger partial charge on any atom is -0.465 e. The Morgan fingerprint density at radius 3 is 2.52 bits per heavy atom. The van der Waals surface area contributed by atoms with Crippen LogP contribution in [0, 0.1) is 13.8 Å². The van der Waals surface area contributed by atoms with E-state index in [9.17, 15) is 13.2 Å².